The molecule has 0 spiro atoms. The van der Waals surface area contributed by atoms with Crippen LogP contribution in [0.15, 0.2) is 30.5 Å². The number of thiocarbonyl (C=S) groups is 1. The second-order valence-corrected chi connectivity index (χ2v) is 6.48. The molecular weight excluding hydrogens is 336 g/mol. The van der Waals surface area contributed by atoms with Crippen LogP contribution in [-0.2, 0) is 9.53 Å². The van der Waals surface area contributed by atoms with Gasteiger partial charge in [0.15, 0.2) is 5.11 Å². The second-order valence-electron chi connectivity index (χ2n) is 6.09. The number of nitrogens with zero attached hydrogens (tertiary/aromatic N) is 2. The van der Waals surface area contributed by atoms with Crippen LogP contribution < -0.4 is 5.32 Å². The van der Waals surface area contributed by atoms with Crippen LogP contribution in [0.4, 0.5) is 0 Å². The van der Waals surface area contributed by atoms with Gasteiger partial charge in [0.05, 0.1) is 24.4 Å². The van der Waals surface area contributed by atoms with Gasteiger partial charge in [-0.05, 0) is 56.8 Å². The Bertz CT molecular complexity index is 775. The summed E-state index contributed by atoms with van der Waals surface area (Å²) in [6, 6.07) is 7.65. The van der Waals surface area contributed by atoms with Crippen LogP contribution >= 0.6 is 12.2 Å². The van der Waals surface area contributed by atoms with Crippen molar-refractivity contribution in [3.05, 3.63) is 53.1 Å². The van der Waals surface area contributed by atoms with E-state index in [9.17, 15) is 4.79 Å². The predicted octanol–water partition coefficient (Wildman–Crippen LogP) is 2.56. The lowest BCUT2D eigenvalue weighted by Gasteiger charge is -2.27. The molecule has 6 nitrogen and oxygen atoms in total. The number of aromatic nitrogens is 2. The van der Waals surface area contributed by atoms with E-state index in [-0.39, 0.29) is 24.6 Å². The van der Waals surface area contributed by atoms with Crippen molar-refractivity contribution in [3.63, 3.8) is 0 Å². The van der Waals surface area contributed by atoms with Crippen LogP contribution in [-0.4, -0.2) is 39.1 Å². The number of esters is 1. The average Bonchev–Trinajstić information content (AvgIpc) is 3.08. The Morgan fingerprint density at radius 3 is 2.80 bits per heavy atom. The third-order valence-electron chi connectivity index (χ3n) is 4.31. The van der Waals surface area contributed by atoms with E-state index in [0.29, 0.717) is 11.7 Å². The van der Waals surface area contributed by atoms with Crippen molar-refractivity contribution in [2.75, 3.05) is 13.2 Å². The van der Waals surface area contributed by atoms with Gasteiger partial charge in [-0.1, -0.05) is 6.07 Å². The summed E-state index contributed by atoms with van der Waals surface area (Å²) in [6.07, 6.45) is 1.76. The largest absolute Gasteiger partial charge is 0.465 e. The monoisotopic (exact) mass is 358 g/mol. The van der Waals surface area contributed by atoms with Gasteiger partial charge in [0.25, 0.3) is 0 Å². The van der Waals surface area contributed by atoms with Gasteiger partial charge in [-0.25, -0.2) is 0 Å². The Morgan fingerprint density at radius 2 is 2.20 bits per heavy atom. The fourth-order valence-corrected chi connectivity index (χ4v) is 3.62. The third kappa shape index (κ3) is 3.51. The lowest BCUT2D eigenvalue weighted by Crippen LogP contribution is -2.35. The summed E-state index contributed by atoms with van der Waals surface area (Å²) in [5.41, 5.74) is 4.12. The Kier molecular flexibility index (Phi) is 5.03. The lowest BCUT2D eigenvalue weighted by molar-refractivity contribution is -0.143. The minimum atomic E-state index is -0.289. The smallest absolute Gasteiger partial charge is 0.325 e. The molecule has 1 aliphatic rings. The SMILES string of the molecule is CCOC(=O)CN1C(=S)N[C@@H](c2ccccn2)[C@H]1c1cc(C)[nH]c1C. The van der Waals surface area contributed by atoms with Crippen LogP contribution in [0.3, 0.4) is 0 Å². The van der Waals surface area contributed by atoms with Gasteiger partial charge in [-0.3, -0.25) is 9.78 Å². The highest BCUT2D eigenvalue weighted by molar-refractivity contribution is 7.80. The van der Waals surface area contributed by atoms with E-state index in [0.717, 1.165) is 22.6 Å². The first-order valence-corrected chi connectivity index (χ1v) is 8.72. The summed E-state index contributed by atoms with van der Waals surface area (Å²) < 4.78 is 5.12. The summed E-state index contributed by atoms with van der Waals surface area (Å²) in [6.45, 7) is 6.30. The van der Waals surface area contributed by atoms with Crippen molar-refractivity contribution in [2.24, 2.45) is 0 Å². The molecule has 2 atom stereocenters. The van der Waals surface area contributed by atoms with E-state index in [1.54, 1.807) is 13.1 Å². The first kappa shape index (κ1) is 17.4. The number of H-pyrrole nitrogens is 1. The second kappa shape index (κ2) is 7.23. The fourth-order valence-electron chi connectivity index (χ4n) is 3.31. The molecule has 2 aromatic heterocycles. The minimum absolute atomic E-state index is 0.108. The Labute approximate surface area is 152 Å². The van der Waals surface area contributed by atoms with E-state index in [4.69, 9.17) is 17.0 Å². The van der Waals surface area contributed by atoms with Crippen molar-refractivity contribution in [1.29, 1.82) is 0 Å². The molecule has 2 aromatic rings. The normalized spacial score (nSPS) is 19.8. The van der Waals surface area contributed by atoms with Gasteiger partial charge in [-0.15, -0.1) is 0 Å². The van der Waals surface area contributed by atoms with Gasteiger partial charge < -0.3 is 19.9 Å². The minimum Gasteiger partial charge on any atom is -0.465 e. The zero-order valence-electron chi connectivity index (χ0n) is 14.6. The number of rotatable bonds is 5. The molecule has 0 unspecified atom stereocenters. The van der Waals surface area contributed by atoms with Crippen LogP contribution in [0, 0.1) is 13.8 Å². The average molecular weight is 358 g/mol. The van der Waals surface area contributed by atoms with Gasteiger partial charge >= 0.3 is 5.97 Å². The van der Waals surface area contributed by atoms with E-state index >= 15 is 0 Å². The number of nitrogens with one attached hydrogen (secondary N) is 2. The molecule has 0 bridgehead atoms. The van der Waals surface area contributed by atoms with Gasteiger partial charge in [-0.2, -0.15) is 0 Å². The van der Waals surface area contributed by atoms with Gasteiger partial charge in [0.2, 0.25) is 0 Å². The summed E-state index contributed by atoms with van der Waals surface area (Å²) >= 11 is 5.52. The van der Waals surface area contributed by atoms with Crippen molar-refractivity contribution in [1.82, 2.24) is 20.2 Å². The number of hydrogen-bond acceptors (Lipinski definition) is 4. The van der Waals surface area contributed by atoms with Crippen molar-refractivity contribution < 1.29 is 9.53 Å². The molecule has 0 radical (unpaired) electrons. The highest BCUT2D eigenvalue weighted by Crippen LogP contribution is 2.39. The van der Waals surface area contributed by atoms with Crippen LogP contribution in [0.2, 0.25) is 0 Å². The summed E-state index contributed by atoms with van der Waals surface area (Å²) in [4.78, 5) is 21.8. The zero-order chi connectivity index (χ0) is 18.0. The summed E-state index contributed by atoms with van der Waals surface area (Å²) in [7, 11) is 0. The molecule has 132 valence electrons. The number of pyridine rings is 1. The van der Waals surface area contributed by atoms with E-state index in [1.165, 1.54) is 0 Å². The quantitative estimate of drug-likeness (QED) is 0.632. The van der Waals surface area contributed by atoms with Crippen molar-refractivity contribution in [2.45, 2.75) is 32.9 Å². The van der Waals surface area contributed by atoms with E-state index in [2.05, 4.69) is 21.4 Å². The van der Waals surface area contributed by atoms with Crippen LogP contribution in [0.25, 0.3) is 0 Å². The highest BCUT2D eigenvalue weighted by Gasteiger charge is 2.41. The van der Waals surface area contributed by atoms with Gasteiger partial charge in [0.1, 0.15) is 6.54 Å². The maximum absolute atomic E-state index is 12.1. The van der Waals surface area contributed by atoms with Crippen molar-refractivity contribution in [3.8, 4) is 0 Å². The van der Waals surface area contributed by atoms with E-state index in [1.807, 2.05) is 36.9 Å². The molecule has 25 heavy (non-hydrogen) atoms. The molecule has 3 rings (SSSR count). The highest BCUT2D eigenvalue weighted by atomic mass is 32.1. The maximum atomic E-state index is 12.1. The Balaban J connectivity index is 2.00. The first-order chi connectivity index (χ1) is 12.0. The van der Waals surface area contributed by atoms with Crippen molar-refractivity contribution >= 4 is 23.3 Å². The molecule has 7 heteroatoms. The maximum Gasteiger partial charge on any atom is 0.325 e. The standard InChI is InChI=1S/C18H22N4O2S/c1-4-24-15(23)10-22-17(13-9-11(2)20-12(13)3)16(21-18(22)25)14-7-5-6-8-19-14/h5-9,16-17,20H,4,10H2,1-3H3,(H,21,25)/t16-,17+/m0/s1. The first-order valence-electron chi connectivity index (χ1n) is 8.31. The Hall–Kier alpha value is -2.41. The summed E-state index contributed by atoms with van der Waals surface area (Å²) in [5.74, 6) is -0.289. The van der Waals surface area contributed by atoms with Crippen LogP contribution in [0.1, 0.15) is 41.7 Å². The molecule has 0 saturated carbocycles. The molecule has 0 aromatic carbocycles. The van der Waals surface area contributed by atoms with E-state index < -0.39 is 0 Å². The number of aryl methyl sites for hydroxylation is 2. The molecular formula is C18H22N4O2S. The number of hydrogen-bond donors (Lipinski definition) is 2. The predicted molar refractivity (Wildman–Crippen MR) is 99.1 cm³/mol. The molecule has 1 saturated heterocycles. The molecule has 2 N–H and O–H groups in total. The lowest BCUT2D eigenvalue weighted by atomic mass is 9.97. The molecule has 3 heterocycles. The topological polar surface area (TPSA) is 70.2 Å². The van der Waals surface area contributed by atoms with Gasteiger partial charge in [0, 0.05) is 17.6 Å². The van der Waals surface area contributed by atoms with Crippen LogP contribution in [0.5, 0.6) is 0 Å². The molecule has 0 aliphatic carbocycles. The number of aromatic amines is 1. The number of carbonyl (C=O) groups is 1. The third-order valence-corrected chi connectivity index (χ3v) is 4.66. The summed E-state index contributed by atoms with van der Waals surface area (Å²) in [5, 5.41) is 3.86. The number of carbonyl (C=O) groups excluding carboxylic acids is 1. The fraction of sp³-hybridized carbons (Fsp3) is 0.389. The molecule has 1 fully saturated rings. The molecule has 0 amide bonds. The number of ether oxygens (including phenoxy) is 1. The Morgan fingerprint density at radius 1 is 1.40 bits per heavy atom. The zero-order valence-corrected chi connectivity index (χ0v) is 15.4. The molecule has 1 aliphatic heterocycles.